The number of halogens is 5. The van der Waals surface area contributed by atoms with Gasteiger partial charge in [0, 0.05) is 0 Å². The quantitative estimate of drug-likeness (QED) is 0.580. The standard InChI is InChI=1S/C8H7F5O2/c9-5-2-1-3-6(10)8(5,14)15-4-7(11,12)13/h1-3,5,14H,4H2. The summed E-state index contributed by atoms with van der Waals surface area (Å²) in [5.74, 6) is -4.67. The van der Waals surface area contributed by atoms with Crippen molar-refractivity contribution in [2.45, 2.75) is 18.1 Å². The highest BCUT2D eigenvalue weighted by molar-refractivity contribution is 5.24. The van der Waals surface area contributed by atoms with Crippen molar-refractivity contribution >= 4 is 0 Å². The van der Waals surface area contributed by atoms with Crippen LogP contribution in [-0.4, -0.2) is 29.8 Å². The number of rotatable bonds is 2. The number of alkyl halides is 4. The van der Waals surface area contributed by atoms with Crippen LogP contribution in [-0.2, 0) is 4.74 Å². The van der Waals surface area contributed by atoms with Gasteiger partial charge < -0.3 is 9.84 Å². The lowest BCUT2D eigenvalue weighted by Gasteiger charge is -2.30. The van der Waals surface area contributed by atoms with Crippen LogP contribution in [0.25, 0.3) is 0 Å². The molecule has 1 N–H and O–H groups in total. The number of allylic oxidation sites excluding steroid dienone is 2. The molecule has 0 aromatic rings. The normalized spacial score (nSPS) is 31.6. The van der Waals surface area contributed by atoms with Crippen molar-refractivity contribution < 1.29 is 31.8 Å². The van der Waals surface area contributed by atoms with Crippen molar-refractivity contribution in [1.82, 2.24) is 0 Å². The van der Waals surface area contributed by atoms with Crippen LogP contribution in [0.2, 0.25) is 0 Å². The summed E-state index contributed by atoms with van der Waals surface area (Å²) in [4.78, 5) is 0. The molecule has 0 bridgehead atoms. The van der Waals surface area contributed by atoms with E-state index < -0.39 is 30.6 Å². The molecule has 0 aromatic heterocycles. The molecule has 0 heterocycles. The molecule has 0 spiro atoms. The zero-order valence-corrected chi connectivity index (χ0v) is 7.26. The molecule has 1 aliphatic rings. The van der Waals surface area contributed by atoms with Gasteiger partial charge in [0.15, 0.2) is 12.0 Å². The molecule has 2 unspecified atom stereocenters. The predicted octanol–water partition coefficient (Wildman–Crippen LogP) is 2.02. The molecule has 0 saturated carbocycles. The van der Waals surface area contributed by atoms with Gasteiger partial charge in [0.1, 0.15) is 6.61 Å². The van der Waals surface area contributed by atoms with Crippen molar-refractivity contribution in [2.75, 3.05) is 6.61 Å². The zero-order valence-electron chi connectivity index (χ0n) is 7.26. The number of hydrogen-bond acceptors (Lipinski definition) is 2. The van der Waals surface area contributed by atoms with E-state index in [0.717, 1.165) is 6.08 Å². The molecule has 0 saturated heterocycles. The van der Waals surface area contributed by atoms with Crippen LogP contribution in [0.15, 0.2) is 24.1 Å². The molecule has 0 amide bonds. The highest BCUT2D eigenvalue weighted by Crippen LogP contribution is 2.32. The molecule has 2 nitrogen and oxygen atoms in total. The molecular weight excluding hydrogens is 223 g/mol. The summed E-state index contributed by atoms with van der Waals surface area (Å²) in [5, 5.41) is 9.18. The minimum absolute atomic E-state index is 0.631. The van der Waals surface area contributed by atoms with Crippen molar-refractivity contribution in [3.05, 3.63) is 24.1 Å². The summed E-state index contributed by atoms with van der Waals surface area (Å²) < 4.78 is 64.8. The van der Waals surface area contributed by atoms with E-state index in [4.69, 9.17) is 0 Å². The molecule has 2 atom stereocenters. The maximum Gasteiger partial charge on any atom is 0.411 e. The minimum Gasteiger partial charge on any atom is -0.358 e. The Morgan fingerprint density at radius 1 is 1.47 bits per heavy atom. The van der Waals surface area contributed by atoms with E-state index in [1.54, 1.807) is 0 Å². The van der Waals surface area contributed by atoms with Crippen molar-refractivity contribution in [1.29, 1.82) is 0 Å². The van der Waals surface area contributed by atoms with Crippen LogP contribution in [0.1, 0.15) is 0 Å². The molecule has 0 aliphatic heterocycles. The molecule has 1 rings (SSSR count). The lowest BCUT2D eigenvalue weighted by Crippen LogP contribution is -2.45. The highest BCUT2D eigenvalue weighted by Gasteiger charge is 2.46. The smallest absolute Gasteiger partial charge is 0.358 e. The van der Waals surface area contributed by atoms with E-state index >= 15 is 0 Å². The van der Waals surface area contributed by atoms with E-state index in [0.29, 0.717) is 12.2 Å². The summed E-state index contributed by atoms with van der Waals surface area (Å²) in [6, 6.07) is 0. The van der Waals surface area contributed by atoms with Gasteiger partial charge in [-0.3, -0.25) is 0 Å². The van der Waals surface area contributed by atoms with Gasteiger partial charge in [-0.1, -0.05) is 6.08 Å². The first kappa shape index (κ1) is 12.1. The zero-order chi connectivity index (χ0) is 11.7. The fourth-order valence-electron chi connectivity index (χ4n) is 0.960. The van der Waals surface area contributed by atoms with E-state index in [-0.39, 0.29) is 0 Å². The van der Waals surface area contributed by atoms with E-state index in [9.17, 15) is 27.1 Å². The van der Waals surface area contributed by atoms with Crippen LogP contribution in [0.5, 0.6) is 0 Å². The van der Waals surface area contributed by atoms with Crippen molar-refractivity contribution in [3.8, 4) is 0 Å². The predicted molar refractivity (Wildman–Crippen MR) is 40.2 cm³/mol. The van der Waals surface area contributed by atoms with Crippen molar-refractivity contribution in [2.24, 2.45) is 0 Å². The van der Waals surface area contributed by atoms with E-state index in [1.807, 2.05) is 0 Å². The fourth-order valence-corrected chi connectivity index (χ4v) is 0.960. The first-order valence-corrected chi connectivity index (χ1v) is 3.87. The Balaban J connectivity index is 2.73. The Morgan fingerprint density at radius 3 is 2.53 bits per heavy atom. The van der Waals surface area contributed by atoms with E-state index in [1.165, 1.54) is 0 Å². The second kappa shape index (κ2) is 3.90. The Labute approximate surface area is 81.6 Å². The molecule has 1 aliphatic carbocycles. The largest absolute Gasteiger partial charge is 0.411 e. The van der Waals surface area contributed by atoms with Gasteiger partial charge in [-0.25, -0.2) is 8.78 Å². The molecule has 0 aromatic carbocycles. The van der Waals surface area contributed by atoms with E-state index in [2.05, 4.69) is 4.74 Å². The monoisotopic (exact) mass is 230 g/mol. The third kappa shape index (κ3) is 2.75. The molecule has 0 radical (unpaired) electrons. The SMILES string of the molecule is OC1(OCC(F)(F)F)C(F)=CC=CC1F. The Morgan fingerprint density at radius 2 is 2.07 bits per heavy atom. The lowest BCUT2D eigenvalue weighted by molar-refractivity contribution is -0.270. The topological polar surface area (TPSA) is 29.5 Å². The van der Waals surface area contributed by atoms with Crippen LogP contribution in [0, 0.1) is 0 Å². The highest BCUT2D eigenvalue weighted by atomic mass is 19.4. The summed E-state index contributed by atoms with van der Waals surface area (Å²) >= 11 is 0. The van der Waals surface area contributed by atoms with Gasteiger partial charge in [0.25, 0.3) is 5.79 Å². The van der Waals surface area contributed by atoms with Gasteiger partial charge in [0.2, 0.25) is 0 Å². The number of ether oxygens (including phenoxy) is 1. The van der Waals surface area contributed by atoms with Crippen LogP contribution < -0.4 is 0 Å². The maximum atomic E-state index is 12.9. The summed E-state index contributed by atoms with van der Waals surface area (Å²) in [6.45, 7) is -1.93. The van der Waals surface area contributed by atoms with Crippen LogP contribution >= 0.6 is 0 Å². The number of aliphatic hydroxyl groups is 1. The molecular formula is C8H7F5O2. The minimum atomic E-state index is -4.77. The number of hydrogen-bond donors (Lipinski definition) is 1. The van der Waals surface area contributed by atoms with Gasteiger partial charge in [-0.05, 0) is 12.2 Å². The Kier molecular flexibility index (Phi) is 3.15. The maximum absolute atomic E-state index is 12.9. The average Bonchev–Trinajstić information content (AvgIpc) is 2.10. The second-order valence-electron chi connectivity index (χ2n) is 2.90. The lowest BCUT2D eigenvalue weighted by atomic mass is 10.0. The van der Waals surface area contributed by atoms with Crippen LogP contribution in [0.3, 0.4) is 0 Å². The first-order chi connectivity index (χ1) is 6.76. The average molecular weight is 230 g/mol. The summed E-state index contributed by atoms with van der Waals surface area (Å²) in [5.41, 5.74) is 0. The van der Waals surface area contributed by atoms with Gasteiger partial charge >= 0.3 is 6.18 Å². The first-order valence-electron chi connectivity index (χ1n) is 3.87. The fraction of sp³-hybridized carbons (Fsp3) is 0.500. The summed E-state index contributed by atoms with van der Waals surface area (Å²) in [7, 11) is 0. The Bertz CT molecular complexity index is 296. The third-order valence-electron chi connectivity index (χ3n) is 1.69. The molecule has 86 valence electrons. The third-order valence-corrected chi connectivity index (χ3v) is 1.69. The van der Waals surface area contributed by atoms with Gasteiger partial charge in [-0.2, -0.15) is 13.2 Å². The van der Waals surface area contributed by atoms with Crippen molar-refractivity contribution in [3.63, 3.8) is 0 Å². The molecule has 0 fully saturated rings. The van der Waals surface area contributed by atoms with Gasteiger partial charge in [0.05, 0.1) is 0 Å². The summed E-state index contributed by atoms with van der Waals surface area (Å²) in [6.07, 6.45) is -4.88. The van der Waals surface area contributed by atoms with Gasteiger partial charge in [-0.15, -0.1) is 0 Å². The molecule has 7 heteroatoms. The van der Waals surface area contributed by atoms with Crippen LogP contribution in [0.4, 0.5) is 22.0 Å². The molecule has 15 heavy (non-hydrogen) atoms. The second-order valence-corrected chi connectivity index (χ2v) is 2.90. The Hall–Kier alpha value is -0.950.